The Morgan fingerprint density at radius 1 is 1.10 bits per heavy atom. The van der Waals surface area contributed by atoms with E-state index in [4.69, 9.17) is 4.99 Å². The second kappa shape index (κ2) is 10.4. The lowest BCUT2D eigenvalue weighted by molar-refractivity contribution is 0.718. The topological polar surface area (TPSA) is 84.9 Å². The van der Waals surface area contributed by atoms with Crippen molar-refractivity contribution in [2.45, 2.75) is 40.8 Å². The van der Waals surface area contributed by atoms with E-state index in [2.05, 4.69) is 51.1 Å². The Balaban J connectivity index is 0.00000300. The third kappa shape index (κ3) is 5.55. The molecule has 0 atom stereocenters. The van der Waals surface area contributed by atoms with Gasteiger partial charge in [-0.15, -0.1) is 34.2 Å². The molecule has 156 valence electrons. The fourth-order valence-corrected chi connectivity index (χ4v) is 3.00. The average molecular weight is 508 g/mol. The van der Waals surface area contributed by atoms with E-state index in [9.17, 15) is 0 Å². The summed E-state index contributed by atoms with van der Waals surface area (Å²) in [6.45, 7) is 9.94. The third-order valence-electron chi connectivity index (χ3n) is 4.58. The van der Waals surface area contributed by atoms with E-state index in [-0.39, 0.29) is 24.0 Å². The average Bonchev–Trinajstić information content (AvgIpc) is 3.19. The number of aliphatic imine (C=N–C) groups is 1. The van der Waals surface area contributed by atoms with Crippen LogP contribution in [0.5, 0.6) is 0 Å². The van der Waals surface area contributed by atoms with E-state index < -0.39 is 0 Å². The predicted octanol–water partition coefficient (Wildman–Crippen LogP) is 2.80. The number of benzene rings is 1. The zero-order valence-electron chi connectivity index (χ0n) is 17.6. The molecule has 3 rings (SSSR count). The molecule has 2 aromatic heterocycles. The molecule has 8 nitrogen and oxygen atoms in total. The molecular weight excluding hydrogens is 479 g/mol. The van der Waals surface area contributed by atoms with Crippen LogP contribution in [0.4, 0.5) is 0 Å². The lowest BCUT2D eigenvalue weighted by Crippen LogP contribution is -2.37. The van der Waals surface area contributed by atoms with Crippen molar-refractivity contribution in [1.82, 2.24) is 35.2 Å². The summed E-state index contributed by atoms with van der Waals surface area (Å²) in [5.74, 6) is 2.50. The zero-order valence-corrected chi connectivity index (χ0v) is 19.9. The van der Waals surface area contributed by atoms with Crippen LogP contribution in [0.1, 0.15) is 35.5 Å². The highest BCUT2D eigenvalue weighted by Gasteiger charge is 2.09. The van der Waals surface area contributed by atoms with Gasteiger partial charge in [0.25, 0.3) is 0 Å². The molecule has 0 saturated carbocycles. The summed E-state index contributed by atoms with van der Waals surface area (Å²) < 4.78 is 3.94. The first-order valence-electron chi connectivity index (χ1n) is 9.48. The molecule has 0 aliphatic rings. The summed E-state index contributed by atoms with van der Waals surface area (Å²) in [4.78, 5) is 4.75. The van der Waals surface area contributed by atoms with Crippen LogP contribution in [-0.2, 0) is 20.1 Å². The van der Waals surface area contributed by atoms with E-state index >= 15 is 0 Å². The van der Waals surface area contributed by atoms with Crippen LogP contribution in [0, 0.1) is 20.8 Å². The molecule has 9 heteroatoms. The molecule has 0 fully saturated rings. The number of nitrogens with one attached hydrogen (secondary N) is 2. The molecule has 0 bridgehead atoms. The second-order valence-electron chi connectivity index (χ2n) is 6.74. The van der Waals surface area contributed by atoms with Gasteiger partial charge in [-0.25, -0.2) is 9.67 Å². The Morgan fingerprint density at radius 2 is 1.86 bits per heavy atom. The molecule has 0 radical (unpaired) electrons. The standard InChI is InChI=1S/C20H28N8.HI/c1-6-21-20(23-13-19-25-24-16(4)27(19)5)22-12-17-9-7-8-10-18(17)28-15(3)11-14(2)26-28;/h7-11H,6,12-13H2,1-5H3,(H2,21,22,23);1H. The summed E-state index contributed by atoms with van der Waals surface area (Å²) in [7, 11) is 1.96. The van der Waals surface area contributed by atoms with E-state index in [1.54, 1.807) is 0 Å². The monoisotopic (exact) mass is 508 g/mol. The molecule has 0 saturated heterocycles. The van der Waals surface area contributed by atoms with Crippen molar-refractivity contribution in [2.75, 3.05) is 6.54 Å². The van der Waals surface area contributed by atoms with Crippen molar-refractivity contribution in [2.24, 2.45) is 12.0 Å². The van der Waals surface area contributed by atoms with Crippen molar-refractivity contribution in [3.05, 3.63) is 58.9 Å². The minimum absolute atomic E-state index is 0. The summed E-state index contributed by atoms with van der Waals surface area (Å²) in [6, 6.07) is 10.3. The predicted molar refractivity (Wildman–Crippen MR) is 126 cm³/mol. The molecule has 3 aromatic rings. The van der Waals surface area contributed by atoms with Gasteiger partial charge >= 0.3 is 0 Å². The quantitative estimate of drug-likeness (QED) is 0.304. The number of para-hydroxylation sites is 1. The molecule has 0 unspecified atom stereocenters. The first kappa shape index (κ1) is 22.9. The van der Waals surface area contributed by atoms with Crippen molar-refractivity contribution in [3.63, 3.8) is 0 Å². The minimum atomic E-state index is 0. The van der Waals surface area contributed by atoms with Crippen molar-refractivity contribution >= 4 is 29.9 Å². The highest BCUT2D eigenvalue weighted by Crippen LogP contribution is 2.17. The molecule has 29 heavy (non-hydrogen) atoms. The Hall–Kier alpha value is -2.43. The number of rotatable bonds is 6. The summed E-state index contributed by atoms with van der Waals surface area (Å²) in [5.41, 5.74) is 4.28. The Morgan fingerprint density at radius 3 is 2.48 bits per heavy atom. The highest BCUT2D eigenvalue weighted by molar-refractivity contribution is 14.0. The van der Waals surface area contributed by atoms with E-state index in [0.29, 0.717) is 13.1 Å². The normalized spacial score (nSPS) is 11.3. The van der Waals surface area contributed by atoms with Crippen LogP contribution < -0.4 is 10.6 Å². The fourth-order valence-electron chi connectivity index (χ4n) is 3.00. The molecule has 2 N–H and O–H groups in total. The van der Waals surface area contributed by atoms with Crippen LogP contribution in [-0.4, -0.2) is 37.0 Å². The second-order valence-corrected chi connectivity index (χ2v) is 6.74. The third-order valence-corrected chi connectivity index (χ3v) is 4.58. The van der Waals surface area contributed by atoms with Gasteiger partial charge in [-0.05, 0) is 45.4 Å². The van der Waals surface area contributed by atoms with Gasteiger partial charge in [0.15, 0.2) is 11.8 Å². The van der Waals surface area contributed by atoms with Crippen molar-refractivity contribution in [3.8, 4) is 5.69 Å². The lowest BCUT2D eigenvalue weighted by Gasteiger charge is -2.13. The van der Waals surface area contributed by atoms with Gasteiger partial charge < -0.3 is 15.2 Å². The fraction of sp³-hybridized carbons (Fsp3) is 0.400. The zero-order chi connectivity index (χ0) is 20.1. The van der Waals surface area contributed by atoms with Gasteiger partial charge in [-0.3, -0.25) is 0 Å². The van der Waals surface area contributed by atoms with Gasteiger partial charge in [-0.1, -0.05) is 18.2 Å². The molecule has 0 aliphatic heterocycles. The van der Waals surface area contributed by atoms with Gasteiger partial charge in [0, 0.05) is 19.3 Å². The Bertz CT molecular complexity index is 973. The van der Waals surface area contributed by atoms with Crippen LogP contribution in [0.3, 0.4) is 0 Å². The number of halogens is 1. The van der Waals surface area contributed by atoms with Gasteiger partial charge in [0.1, 0.15) is 5.82 Å². The summed E-state index contributed by atoms with van der Waals surface area (Å²) >= 11 is 0. The number of hydrogen-bond acceptors (Lipinski definition) is 4. The smallest absolute Gasteiger partial charge is 0.191 e. The number of aryl methyl sites for hydroxylation is 3. The number of aromatic nitrogens is 5. The largest absolute Gasteiger partial charge is 0.357 e. The van der Waals surface area contributed by atoms with Gasteiger partial charge in [0.2, 0.25) is 0 Å². The minimum Gasteiger partial charge on any atom is -0.357 e. The Labute approximate surface area is 188 Å². The van der Waals surface area contributed by atoms with Crippen LogP contribution >= 0.6 is 24.0 Å². The van der Waals surface area contributed by atoms with Crippen LogP contribution in [0.2, 0.25) is 0 Å². The van der Waals surface area contributed by atoms with Crippen LogP contribution in [0.15, 0.2) is 35.3 Å². The Kier molecular flexibility index (Phi) is 8.18. The maximum absolute atomic E-state index is 4.75. The molecular formula is C20H29IN8. The molecule has 2 heterocycles. The van der Waals surface area contributed by atoms with Crippen LogP contribution in [0.25, 0.3) is 5.69 Å². The highest BCUT2D eigenvalue weighted by atomic mass is 127. The maximum Gasteiger partial charge on any atom is 0.191 e. The van der Waals surface area contributed by atoms with Gasteiger partial charge in [-0.2, -0.15) is 5.10 Å². The number of hydrogen-bond donors (Lipinski definition) is 2. The van der Waals surface area contributed by atoms with Gasteiger partial charge in [0.05, 0.1) is 24.5 Å². The SMILES string of the molecule is CCNC(=NCc1ccccc1-n1nc(C)cc1C)NCc1nnc(C)n1C.I. The number of guanidine groups is 1. The number of nitrogens with zero attached hydrogens (tertiary/aromatic N) is 6. The first-order valence-corrected chi connectivity index (χ1v) is 9.48. The summed E-state index contributed by atoms with van der Waals surface area (Å²) in [5, 5.41) is 19.5. The van der Waals surface area contributed by atoms with E-state index in [0.717, 1.165) is 46.8 Å². The summed E-state index contributed by atoms with van der Waals surface area (Å²) in [6.07, 6.45) is 0. The van der Waals surface area contributed by atoms with E-state index in [1.165, 1.54) is 0 Å². The molecule has 0 spiro atoms. The molecule has 0 aliphatic carbocycles. The first-order chi connectivity index (χ1) is 13.5. The molecule has 0 amide bonds. The van der Waals surface area contributed by atoms with E-state index in [1.807, 2.05) is 49.2 Å². The molecule has 1 aromatic carbocycles. The lowest BCUT2D eigenvalue weighted by atomic mass is 10.2. The maximum atomic E-state index is 4.75. The van der Waals surface area contributed by atoms with Crippen molar-refractivity contribution < 1.29 is 0 Å². The van der Waals surface area contributed by atoms with Crippen molar-refractivity contribution in [1.29, 1.82) is 0 Å².